The summed E-state index contributed by atoms with van der Waals surface area (Å²) < 4.78 is 10.3. The van der Waals surface area contributed by atoms with E-state index in [1.54, 1.807) is 6.92 Å². The molecule has 1 heterocycles. The number of esters is 1. The van der Waals surface area contributed by atoms with E-state index in [4.69, 9.17) is 9.26 Å². The van der Waals surface area contributed by atoms with Crippen LogP contribution in [0.2, 0.25) is 0 Å². The molecule has 5 heteroatoms. The van der Waals surface area contributed by atoms with Crippen molar-refractivity contribution in [1.82, 2.24) is 10.1 Å². The molecule has 1 aromatic heterocycles. The highest BCUT2D eigenvalue weighted by atomic mass is 16.5. The number of ether oxygens (including phenoxy) is 1. The van der Waals surface area contributed by atoms with Crippen LogP contribution in [0, 0.1) is 18.3 Å². The monoisotopic (exact) mass is 250 g/mol. The first-order valence-electron chi connectivity index (χ1n) is 6.54. The summed E-state index contributed by atoms with van der Waals surface area (Å²) in [5.74, 6) is 1.86. The lowest BCUT2D eigenvalue weighted by Gasteiger charge is -2.48. The number of nitrogens with zero attached hydrogens (tertiary/aromatic N) is 2. The van der Waals surface area contributed by atoms with E-state index in [0.717, 1.165) is 32.1 Å². The lowest BCUT2D eigenvalue weighted by Crippen LogP contribution is -2.47. The molecule has 4 rings (SSSR count). The van der Waals surface area contributed by atoms with Crippen molar-refractivity contribution in [3.05, 3.63) is 11.7 Å². The molecule has 98 valence electrons. The molecule has 5 nitrogen and oxygen atoms in total. The highest BCUT2D eigenvalue weighted by molar-refractivity contribution is 5.78. The number of carbonyl (C=O) groups excluding carboxylic acids is 1. The summed E-state index contributed by atoms with van der Waals surface area (Å²) in [5, 5.41) is 3.85. The molecule has 0 radical (unpaired) electrons. The van der Waals surface area contributed by atoms with Gasteiger partial charge in [-0.15, -0.1) is 0 Å². The summed E-state index contributed by atoms with van der Waals surface area (Å²) >= 11 is 0. The van der Waals surface area contributed by atoms with Crippen molar-refractivity contribution in [3.8, 4) is 0 Å². The maximum atomic E-state index is 12.2. The van der Waals surface area contributed by atoms with Crippen molar-refractivity contribution in [2.45, 2.75) is 44.9 Å². The maximum absolute atomic E-state index is 12.2. The fraction of sp³-hybridized carbons (Fsp3) is 0.769. The third-order valence-electron chi connectivity index (χ3n) is 4.67. The molecule has 0 saturated heterocycles. The van der Waals surface area contributed by atoms with Crippen LogP contribution in [0.3, 0.4) is 0 Å². The predicted molar refractivity (Wildman–Crippen MR) is 62.8 cm³/mol. The molecule has 1 aromatic rings. The number of fused-ring (bicyclic) bond motifs is 3. The van der Waals surface area contributed by atoms with Gasteiger partial charge in [0, 0.05) is 0 Å². The Morgan fingerprint density at radius 1 is 1.44 bits per heavy atom. The Kier molecular flexibility index (Phi) is 2.64. The first kappa shape index (κ1) is 11.7. The van der Waals surface area contributed by atoms with Gasteiger partial charge in [-0.1, -0.05) is 5.16 Å². The zero-order valence-electron chi connectivity index (χ0n) is 10.8. The highest BCUT2D eigenvalue weighted by Gasteiger charge is 2.55. The maximum Gasteiger partial charge on any atom is 0.312 e. The second-order valence-electron chi connectivity index (χ2n) is 5.56. The summed E-state index contributed by atoms with van der Waals surface area (Å²) in [5.41, 5.74) is -0.428. The number of carbonyl (C=O) groups is 1. The van der Waals surface area contributed by atoms with Gasteiger partial charge in [0.1, 0.15) is 0 Å². The van der Waals surface area contributed by atoms with Gasteiger partial charge in [-0.2, -0.15) is 4.98 Å². The zero-order valence-corrected chi connectivity index (χ0v) is 10.8. The van der Waals surface area contributed by atoms with Gasteiger partial charge in [0.2, 0.25) is 5.89 Å². The molecule has 3 saturated carbocycles. The molecule has 18 heavy (non-hydrogen) atoms. The van der Waals surface area contributed by atoms with Crippen LogP contribution in [0.25, 0.3) is 0 Å². The summed E-state index contributed by atoms with van der Waals surface area (Å²) in [6.45, 7) is 1.80. The van der Waals surface area contributed by atoms with E-state index in [0.29, 0.717) is 17.6 Å². The Labute approximate surface area is 106 Å². The molecule has 0 aromatic carbocycles. The summed E-state index contributed by atoms with van der Waals surface area (Å²) in [6, 6.07) is 0. The predicted octanol–water partition coefficient (Wildman–Crippen LogP) is 2.21. The molecule has 3 aliphatic rings. The van der Waals surface area contributed by atoms with E-state index >= 15 is 0 Å². The molecular weight excluding hydrogens is 232 g/mol. The molecule has 0 aliphatic heterocycles. The van der Waals surface area contributed by atoms with Crippen molar-refractivity contribution < 1.29 is 14.1 Å². The van der Waals surface area contributed by atoms with E-state index in [2.05, 4.69) is 10.1 Å². The minimum atomic E-state index is -0.428. The largest absolute Gasteiger partial charge is 0.469 e. The van der Waals surface area contributed by atoms with Crippen LogP contribution in [-0.4, -0.2) is 23.2 Å². The molecule has 1 atom stereocenters. The third-order valence-corrected chi connectivity index (χ3v) is 4.67. The smallest absolute Gasteiger partial charge is 0.312 e. The average molecular weight is 250 g/mol. The van der Waals surface area contributed by atoms with Gasteiger partial charge in [0.25, 0.3) is 0 Å². The SMILES string of the molecule is COC(=O)C12CCC(CC1)CC2c1nc(C)no1. The number of aryl methyl sites for hydroxylation is 1. The van der Waals surface area contributed by atoms with Crippen molar-refractivity contribution in [1.29, 1.82) is 0 Å². The van der Waals surface area contributed by atoms with Crippen LogP contribution in [0.15, 0.2) is 4.52 Å². The normalized spacial score (nSPS) is 34.6. The summed E-state index contributed by atoms with van der Waals surface area (Å²) in [6.07, 6.45) is 4.96. The van der Waals surface area contributed by atoms with E-state index in [9.17, 15) is 4.79 Å². The number of methoxy groups -OCH3 is 1. The number of hydrogen-bond donors (Lipinski definition) is 0. The average Bonchev–Trinajstić information content (AvgIpc) is 2.85. The molecule has 0 N–H and O–H groups in total. The van der Waals surface area contributed by atoms with Gasteiger partial charge in [0.15, 0.2) is 5.82 Å². The number of hydrogen-bond acceptors (Lipinski definition) is 5. The molecule has 0 amide bonds. The fourth-order valence-electron chi connectivity index (χ4n) is 3.68. The van der Waals surface area contributed by atoms with Crippen LogP contribution < -0.4 is 0 Å². The third kappa shape index (κ3) is 1.56. The second-order valence-corrected chi connectivity index (χ2v) is 5.56. The van der Waals surface area contributed by atoms with Gasteiger partial charge in [-0.3, -0.25) is 4.79 Å². The Morgan fingerprint density at radius 3 is 2.72 bits per heavy atom. The lowest BCUT2D eigenvalue weighted by atomic mass is 9.55. The van der Waals surface area contributed by atoms with E-state index < -0.39 is 5.41 Å². The highest BCUT2D eigenvalue weighted by Crippen LogP contribution is 2.58. The molecule has 1 unspecified atom stereocenters. The summed E-state index contributed by atoms with van der Waals surface area (Å²) in [7, 11) is 1.47. The molecule has 0 spiro atoms. The van der Waals surface area contributed by atoms with Crippen molar-refractivity contribution in [2.75, 3.05) is 7.11 Å². The van der Waals surface area contributed by atoms with Gasteiger partial charge in [-0.25, -0.2) is 0 Å². The van der Waals surface area contributed by atoms with Gasteiger partial charge in [0.05, 0.1) is 18.4 Å². The Morgan fingerprint density at radius 2 is 2.17 bits per heavy atom. The van der Waals surface area contributed by atoms with E-state index in [-0.39, 0.29) is 11.9 Å². The second kappa shape index (κ2) is 4.07. The van der Waals surface area contributed by atoms with Crippen molar-refractivity contribution in [2.24, 2.45) is 11.3 Å². The molecule has 3 fully saturated rings. The van der Waals surface area contributed by atoms with Gasteiger partial charge in [-0.05, 0) is 44.9 Å². The van der Waals surface area contributed by atoms with E-state index in [1.165, 1.54) is 7.11 Å². The Bertz CT molecular complexity index is 461. The van der Waals surface area contributed by atoms with Crippen LogP contribution in [0.1, 0.15) is 49.7 Å². The fourth-order valence-corrected chi connectivity index (χ4v) is 3.68. The Balaban J connectivity index is 1.99. The quantitative estimate of drug-likeness (QED) is 0.753. The number of aromatic nitrogens is 2. The molecular formula is C13H18N2O3. The van der Waals surface area contributed by atoms with Crippen LogP contribution >= 0.6 is 0 Å². The molecule has 2 bridgehead atoms. The summed E-state index contributed by atoms with van der Waals surface area (Å²) in [4.78, 5) is 16.6. The topological polar surface area (TPSA) is 65.2 Å². The van der Waals surface area contributed by atoms with Crippen LogP contribution in [0.5, 0.6) is 0 Å². The first-order chi connectivity index (χ1) is 8.65. The number of rotatable bonds is 2. The first-order valence-corrected chi connectivity index (χ1v) is 6.54. The minimum absolute atomic E-state index is 0.0404. The van der Waals surface area contributed by atoms with Crippen molar-refractivity contribution in [3.63, 3.8) is 0 Å². The minimum Gasteiger partial charge on any atom is -0.469 e. The van der Waals surface area contributed by atoms with Gasteiger partial charge >= 0.3 is 5.97 Å². The van der Waals surface area contributed by atoms with Crippen LogP contribution in [-0.2, 0) is 9.53 Å². The standard InChI is InChI=1S/C13H18N2O3/c1-8-14-11(18-15-8)10-7-9-3-5-13(10,6-4-9)12(16)17-2/h9-10H,3-7H2,1-2H3. The van der Waals surface area contributed by atoms with Crippen LogP contribution in [0.4, 0.5) is 0 Å². The molecule has 3 aliphatic carbocycles. The Hall–Kier alpha value is -1.39. The van der Waals surface area contributed by atoms with Crippen molar-refractivity contribution >= 4 is 5.97 Å². The lowest BCUT2D eigenvalue weighted by molar-refractivity contribution is -0.162. The van der Waals surface area contributed by atoms with Gasteiger partial charge < -0.3 is 9.26 Å². The van der Waals surface area contributed by atoms with E-state index in [1.807, 2.05) is 0 Å². The zero-order chi connectivity index (χ0) is 12.8.